The van der Waals surface area contributed by atoms with Gasteiger partial charge in [0.15, 0.2) is 0 Å². The maximum absolute atomic E-state index is 12.7. The number of halogens is 3. The first-order valence-corrected chi connectivity index (χ1v) is 10.2. The van der Waals surface area contributed by atoms with Gasteiger partial charge >= 0.3 is 6.18 Å². The van der Waals surface area contributed by atoms with E-state index in [0.29, 0.717) is 18.5 Å². The maximum atomic E-state index is 12.7. The maximum Gasteiger partial charge on any atom is 0.416 e. The molecule has 7 heteroatoms. The smallest absolute Gasteiger partial charge is 0.392 e. The fourth-order valence-electron chi connectivity index (χ4n) is 5.41. The molecule has 3 heterocycles. The van der Waals surface area contributed by atoms with Crippen LogP contribution in [0.25, 0.3) is 0 Å². The molecular formula is C21H30F3N3O. The van der Waals surface area contributed by atoms with Crippen molar-refractivity contribution >= 4 is 0 Å². The first kappa shape index (κ1) is 20.1. The van der Waals surface area contributed by atoms with E-state index >= 15 is 0 Å². The third-order valence-electron chi connectivity index (χ3n) is 6.34. The summed E-state index contributed by atoms with van der Waals surface area (Å²) in [6.07, 6.45) is -3.69. The van der Waals surface area contributed by atoms with Crippen LogP contribution in [0.1, 0.15) is 31.4 Å². The molecule has 0 aromatic heterocycles. The number of rotatable bonds is 4. The molecule has 0 saturated carbocycles. The molecule has 0 amide bonds. The van der Waals surface area contributed by atoms with Gasteiger partial charge in [-0.25, -0.2) is 0 Å². The van der Waals surface area contributed by atoms with Crippen LogP contribution in [0, 0.1) is 5.92 Å². The van der Waals surface area contributed by atoms with Gasteiger partial charge in [0.05, 0.1) is 17.2 Å². The Balaban J connectivity index is 1.41. The number of alkyl halides is 3. The second-order valence-electron chi connectivity index (χ2n) is 9.35. The summed E-state index contributed by atoms with van der Waals surface area (Å²) in [5.74, 6) is 0.609. The van der Waals surface area contributed by atoms with E-state index in [4.69, 9.17) is 0 Å². The van der Waals surface area contributed by atoms with Gasteiger partial charge in [-0.15, -0.1) is 0 Å². The molecule has 3 aliphatic rings. The lowest BCUT2D eigenvalue weighted by molar-refractivity contribution is -0.137. The van der Waals surface area contributed by atoms with Crippen molar-refractivity contribution in [2.24, 2.45) is 5.92 Å². The summed E-state index contributed by atoms with van der Waals surface area (Å²) in [6.45, 7) is 10.8. The Hall–Kier alpha value is -1.15. The Morgan fingerprint density at radius 2 is 1.71 bits per heavy atom. The molecule has 3 saturated heterocycles. The summed E-state index contributed by atoms with van der Waals surface area (Å²) in [5, 5.41) is 10.2. The van der Waals surface area contributed by atoms with Crippen LogP contribution in [0.15, 0.2) is 24.3 Å². The normalized spacial score (nSPS) is 28.7. The molecule has 3 aliphatic heterocycles. The topological polar surface area (TPSA) is 30.0 Å². The SMILES string of the molecule is CC(C)CN1C[C@H]2C[C@@H](O)CN2C2(C1)CN(Cc1ccc(C(F)(F)F)cc1)C2. The van der Waals surface area contributed by atoms with Gasteiger partial charge in [-0.2, -0.15) is 13.2 Å². The quantitative estimate of drug-likeness (QED) is 0.846. The standard InChI is InChI=1S/C21H30F3N3O/c1-15(2)8-25-10-18-7-19(28)11-27(18)20(12-25)13-26(14-20)9-16-3-5-17(6-4-16)21(22,23)24/h3-6,15,18-19,28H,7-14H2,1-2H3/t18-,19-/m1/s1. The van der Waals surface area contributed by atoms with Crippen LogP contribution >= 0.6 is 0 Å². The number of β-amino-alcohol motifs (C(OH)–C–C–N with tert-alkyl or cyclic N) is 1. The van der Waals surface area contributed by atoms with Crippen LogP contribution in [-0.2, 0) is 12.7 Å². The Morgan fingerprint density at radius 1 is 1.07 bits per heavy atom. The fraction of sp³-hybridized carbons (Fsp3) is 0.714. The van der Waals surface area contributed by atoms with E-state index in [1.807, 2.05) is 0 Å². The Morgan fingerprint density at radius 3 is 2.32 bits per heavy atom. The zero-order valence-corrected chi connectivity index (χ0v) is 16.6. The molecule has 2 atom stereocenters. The Bertz CT molecular complexity index is 685. The molecular weight excluding hydrogens is 367 g/mol. The zero-order chi connectivity index (χ0) is 20.1. The van der Waals surface area contributed by atoms with Crippen molar-refractivity contribution in [1.29, 1.82) is 0 Å². The predicted molar refractivity (Wildman–Crippen MR) is 102 cm³/mol. The van der Waals surface area contributed by atoms with E-state index < -0.39 is 11.7 Å². The van der Waals surface area contributed by atoms with Crippen LogP contribution < -0.4 is 0 Å². The largest absolute Gasteiger partial charge is 0.416 e. The molecule has 0 aliphatic carbocycles. The predicted octanol–water partition coefficient (Wildman–Crippen LogP) is 2.67. The number of nitrogens with zero attached hydrogens (tertiary/aromatic N) is 3. The third kappa shape index (κ3) is 3.95. The molecule has 0 unspecified atom stereocenters. The minimum absolute atomic E-state index is 0.0706. The van der Waals surface area contributed by atoms with E-state index in [9.17, 15) is 18.3 Å². The zero-order valence-electron chi connectivity index (χ0n) is 16.6. The second-order valence-corrected chi connectivity index (χ2v) is 9.35. The molecule has 1 spiro atoms. The average Bonchev–Trinajstić information content (AvgIpc) is 2.93. The molecule has 4 nitrogen and oxygen atoms in total. The van der Waals surface area contributed by atoms with Gasteiger partial charge in [-0.3, -0.25) is 14.7 Å². The van der Waals surface area contributed by atoms with Gasteiger partial charge in [0.25, 0.3) is 0 Å². The summed E-state index contributed by atoms with van der Waals surface area (Å²) in [4.78, 5) is 7.36. The number of hydrogen-bond acceptors (Lipinski definition) is 4. The first-order chi connectivity index (χ1) is 13.1. The molecule has 156 valence electrons. The molecule has 0 bridgehead atoms. The first-order valence-electron chi connectivity index (χ1n) is 10.2. The van der Waals surface area contributed by atoms with E-state index in [2.05, 4.69) is 28.5 Å². The van der Waals surface area contributed by atoms with E-state index in [-0.39, 0.29) is 11.6 Å². The van der Waals surface area contributed by atoms with Crippen molar-refractivity contribution in [2.45, 2.75) is 50.7 Å². The molecule has 1 N–H and O–H groups in total. The second kappa shape index (κ2) is 7.27. The highest BCUT2D eigenvalue weighted by Gasteiger charge is 2.55. The molecule has 1 aromatic rings. The molecule has 1 aromatic carbocycles. The fourth-order valence-corrected chi connectivity index (χ4v) is 5.41. The van der Waals surface area contributed by atoms with Crippen molar-refractivity contribution in [2.75, 3.05) is 39.3 Å². The lowest BCUT2D eigenvalue weighted by atomic mass is 9.83. The van der Waals surface area contributed by atoms with E-state index in [0.717, 1.165) is 51.3 Å². The van der Waals surface area contributed by atoms with Crippen molar-refractivity contribution in [1.82, 2.24) is 14.7 Å². The highest BCUT2D eigenvalue weighted by atomic mass is 19.4. The van der Waals surface area contributed by atoms with Gasteiger partial charge in [0, 0.05) is 51.9 Å². The van der Waals surface area contributed by atoms with Crippen molar-refractivity contribution in [3.63, 3.8) is 0 Å². The van der Waals surface area contributed by atoms with Crippen molar-refractivity contribution in [3.05, 3.63) is 35.4 Å². The number of benzene rings is 1. The van der Waals surface area contributed by atoms with Crippen LogP contribution in [0.2, 0.25) is 0 Å². The van der Waals surface area contributed by atoms with Crippen LogP contribution in [0.4, 0.5) is 13.2 Å². The summed E-state index contributed by atoms with van der Waals surface area (Å²) in [7, 11) is 0. The number of hydrogen-bond donors (Lipinski definition) is 1. The molecule has 3 fully saturated rings. The van der Waals surface area contributed by atoms with E-state index in [1.54, 1.807) is 12.1 Å². The van der Waals surface area contributed by atoms with Gasteiger partial charge in [0.2, 0.25) is 0 Å². The molecule has 0 radical (unpaired) electrons. The minimum Gasteiger partial charge on any atom is -0.392 e. The minimum atomic E-state index is -4.28. The number of piperazine rings is 1. The Labute approximate surface area is 164 Å². The van der Waals surface area contributed by atoms with Crippen LogP contribution in [0.3, 0.4) is 0 Å². The summed E-state index contributed by atoms with van der Waals surface area (Å²) < 4.78 is 38.2. The highest BCUT2D eigenvalue weighted by Crippen LogP contribution is 2.39. The van der Waals surface area contributed by atoms with Gasteiger partial charge < -0.3 is 5.11 Å². The summed E-state index contributed by atoms with van der Waals surface area (Å²) in [6, 6.07) is 5.92. The monoisotopic (exact) mass is 397 g/mol. The number of fused-ring (bicyclic) bond motifs is 2. The van der Waals surface area contributed by atoms with Crippen LogP contribution in [0.5, 0.6) is 0 Å². The lowest BCUT2D eigenvalue weighted by Crippen LogP contribution is -2.77. The number of aliphatic hydroxyl groups excluding tert-OH is 1. The van der Waals surface area contributed by atoms with Gasteiger partial charge in [-0.05, 0) is 30.0 Å². The third-order valence-corrected chi connectivity index (χ3v) is 6.34. The molecule has 28 heavy (non-hydrogen) atoms. The average molecular weight is 397 g/mol. The van der Waals surface area contributed by atoms with Gasteiger partial charge in [-0.1, -0.05) is 26.0 Å². The van der Waals surface area contributed by atoms with Crippen molar-refractivity contribution in [3.8, 4) is 0 Å². The number of likely N-dealkylation sites (tertiary alicyclic amines) is 1. The van der Waals surface area contributed by atoms with E-state index in [1.165, 1.54) is 12.1 Å². The van der Waals surface area contributed by atoms with Crippen LogP contribution in [-0.4, -0.2) is 76.8 Å². The molecule has 4 rings (SSSR count). The number of aliphatic hydroxyl groups is 1. The van der Waals surface area contributed by atoms with Crippen molar-refractivity contribution < 1.29 is 18.3 Å². The summed E-state index contributed by atoms with van der Waals surface area (Å²) in [5.41, 5.74) is 0.388. The summed E-state index contributed by atoms with van der Waals surface area (Å²) >= 11 is 0. The lowest BCUT2D eigenvalue weighted by Gasteiger charge is -2.61. The highest BCUT2D eigenvalue weighted by molar-refractivity contribution is 5.25. The van der Waals surface area contributed by atoms with Gasteiger partial charge in [0.1, 0.15) is 0 Å². The Kier molecular flexibility index (Phi) is 5.23.